The Morgan fingerprint density at radius 2 is 1.76 bits per heavy atom. The number of thioether (sulfide) groups is 1. The molecule has 2 aromatic rings. The molecule has 0 aromatic heterocycles. The van der Waals surface area contributed by atoms with Crippen molar-refractivity contribution in [2.45, 2.75) is 0 Å². The van der Waals surface area contributed by atoms with Crippen LogP contribution in [-0.4, -0.2) is 42.0 Å². The van der Waals surface area contributed by atoms with Crippen LogP contribution < -0.4 is 14.2 Å². The minimum Gasteiger partial charge on any atom is -0.497 e. The van der Waals surface area contributed by atoms with E-state index in [1.165, 1.54) is 11.8 Å². The van der Waals surface area contributed by atoms with Crippen molar-refractivity contribution in [1.82, 2.24) is 4.90 Å². The van der Waals surface area contributed by atoms with Crippen molar-refractivity contribution in [3.05, 3.63) is 71.7 Å². The Morgan fingerprint density at radius 1 is 1.07 bits per heavy atom. The standard InChI is InChI=1S/C22H21NO4S2/c1-3-11-23-21(24)20(29-22(23)28)14-16-7-9-17(10-8-16)26-12-13-27-19-6-4-5-18(15-19)25-2/h3-10,14-15H,1,11-13H2,2H3/b20-14+. The summed E-state index contributed by atoms with van der Waals surface area (Å²) < 4.78 is 17.1. The SMILES string of the molecule is C=CCN1C(=O)/C(=C\c2ccc(OCCOc3cccc(OC)c3)cc2)SC1=S. The van der Waals surface area contributed by atoms with Gasteiger partial charge < -0.3 is 14.2 Å². The Labute approximate surface area is 179 Å². The molecule has 0 atom stereocenters. The molecular weight excluding hydrogens is 406 g/mol. The van der Waals surface area contributed by atoms with Gasteiger partial charge in [0.1, 0.15) is 34.8 Å². The van der Waals surface area contributed by atoms with E-state index in [2.05, 4.69) is 6.58 Å². The van der Waals surface area contributed by atoms with Crippen LogP contribution in [0.3, 0.4) is 0 Å². The average Bonchev–Trinajstić information content (AvgIpc) is 3.00. The maximum atomic E-state index is 12.4. The van der Waals surface area contributed by atoms with Crippen LogP contribution in [0.5, 0.6) is 17.2 Å². The predicted octanol–water partition coefficient (Wildman–Crippen LogP) is 4.54. The van der Waals surface area contributed by atoms with Crippen molar-refractivity contribution >= 4 is 40.3 Å². The van der Waals surface area contributed by atoms with Crippen molar-refractivity contribution in [3.8, 4) is 17.2 Å². The Hall–Kier alpha value is -2.77. The third kappa shape index (κ3) is 5.62. The van der Waals surface area contributed by atoms with Crippen LogP contribution in [0.4, 0.5) is 0 Å². The zero-order chi connectivity index (χ0) is 20.6. The molecule has 7 heteroatoms. The molecule has 1 fully saturated rings. The molecule has 1 heterocycles. The van der Waals surface area contributed by atoms with Gasteiger partial charge in [0.25, 0.3) is 5.91 Å². The van der Waals surface area contributed by atoms with Crippen molar-refractivity contribution in [2.24, 2.45) is 0 Å². The van der Waals surface area contributed by atoms with E-state index in [9.17, 15) is 4.79 Å². The van der Waals surface area contributed by atoms with Gasteiger partial charge in [-0.05, 0) is 35.9 Å². The summed E-state index contributed by atoms with van der Waals surface area (Å²) in [5, 5.41) is 0. The summed E-state index contributed by atoms with van der Waals surface area (Å²) in [6, 6.07) is 15.0. The summed E-state index contributed by atoms with van der Waals surface area (Å²) in [6.07, 6.45) is 3.50. The predicted molar refractivity (Wildman–Crippen MR) is 121 cm³/mol. The fraction of sp³-hybridized carbons (Fsp3) is 0.182. The first-order valence-electron chi connectivity index (χ1n) is 8.96. The summed E-state index contributed by atoms with van der Waals surface area (Å²) in [5.74, 6) is 2.13. The van der Waals surface area contributed by atoms with Crippen LogP contribution in [-0.2, 0) is 4.79 Å². The van der Waals surface area contributed by atoms with Crippen molar-refractivity contribution < 1.29 is 19.0 Å². The van der Waals surface area contributed by atoms with Gasteiger partial charge in [0.2, 0.25) is 0 Å². The molecule has 0 aliphatic carbocycles. The second-order valence-electron chi connectivity index (χ2n) is 6.03. The van der Waals surface area contributed by atoms with E-state index in [1.807, 2.05) is 54.6 Å². The topological polar surface area (TPSA) is 48.0 Å². The first-order chi connectivity index (χ1) is 14.1. The monoisotopic (exact) mass is 427 g/mol. The summed E-state index contributed by atoms with van der Waals surface area (Å²) in [6.45, 7) is 4.91. The van der Waals surface area contributed by atoms with Gasteiger partial charge in [-0.15, -0.1) is 6.58 Å². The van der Waals surface area contributed by atoms with Crippen molar-refractivity contribution in [2.75, 3.05) is 26.9 Å². The Morgan fingerprint density at radius 3 is 2.45 bits per heavy atom. The maximum absolute atomic E-state index is 12.4. The van der Waals surface area contributed by atoms with Crippen LogP contribution >= 0.6 is 24.0 Å². The highest BCUT2D eigenvalue weighted by molar-refractivity contribution is 8.26. The molecular formula is C22H21NO4S2. The van der Waals surface area contributed by atoms with Gasteiger partial charge in [-0.2, -0.15) is 0 Å². The molecule has 0 saturated carbocycles. The number of amides is 1. The van der Waals surface area contributed by atoms with Crippen LogP contribution in [0.25, 0.3) is 6.08 Å². The molecule has 0 unspecified atom stereocenters. The molecule has 1 aliphatic rings. The Balaban J connectivity index is 1.51. The fourth-order valence-electron chi connectivity index (χ4n) is 2.61. The number of carbonyl (C=O) groups excluding carboxylic acids is 1. The number of thiocarbonyl (C=S) groups is 1. The molecule has 1 amide bonds. The second-order valence-corrected chi connectivity index (χ2v) is 7.70. The van der Waals surface area contributed by atoms with Gasteiger partial charge in [-0.25, -0.2) is 0 Å². The third-order valence-corrected chi connectivity index (χ3v) is 5.40. The second kappa shape index (κ2) is 10.1. The normalized spacial score (nSPS) is 14.9. The minimum atomic E-state index is -0.0880. The minimum absolute atomic E-state index is 0.0880. The first kappa shape index (κ1) is 21.0. The molecule has 2 aromatic carbocycles. The summed E-state index contributed by atoms with van der Waals surface area (Å²) in [5.41, 5.74) is 0.907. The van der Waals surface area contributed by atoms with E-state index in [0.29, 0.717) is 29.0 Å². The number of rotatable bonds is 9. The number of nitrogens with zero attached hydrogens (tertiary/aromatic N) is 1. The number of methoxy groups -OCH3 is 1. The lowest BCUT2D eigenvalue weighted by Gasteiger charge is -2.10. The molecule has 0 spiro atoms. The lowest BCUT2D eigenvalue weighted by atomic mass is 10.2. The van der Waals surface area contributed by atoms with E-state index in [0.717, 1.165) is 22.8 Å². The molecule has 0 radical (unpaired) electrons. The average molecular weight is 428 g/mol. The summed E-state index contributed by atoms with van der Waals surface area (Å²) in [4.78, 5) is 14.5. The lowest BCUT2D eigenvalue weighted by molar-refractivity contribution is -0.121. The largest absolute Gasteiger partial charge is 0.497 e. The fourth-order valence-corrected chi connectivity index (χ4v) is 3.88. The van der Waals surface area contributed by atoms with Gasteiger partial charge in [0.05, 0.1) is 12.0 Å². The summed E-state index contributed by atoms with van der Waals surface area (Å²) >= 11 is 6.55. The molecule has 1 saturated heterocycles. The van der Waals surface area contributed by atoms with Crippen LogP contribution in [0.2, 0.25) is 0 Å². The van der Waals surface area contributed by atoms with Crippen LogP contribution in [0, 0.1) is 0 Å². The van der Waals surface area contributed by atoms with Crippen molar-refractivity contribution in [1.29, 1.82) is 0 Å². The van der Waals surface area contributed by atoms with Gasteiger partial charge in [0.15, 0.2) is 0 Å². The zero-order valence-corrected chi connectivity index (χ0v) is 17.6. The number of ether oxygens (including phenoxy) is 3. The summed E-state index contributed by atoms with van der Waals surface area (Å²) in [7, 11) is 1.62. The Bertz CT molecular complexity index is 925. The zero-order valence-electron chi connectivity index (χ0n) is 16.0. The van der Waals surface area contributed by atoms with E-state index in [4.69, 9.17) is 26.4 Å². The smallest absolute Gasteiger partial charge is 0.266 e. The highest BCUT2D eigenvalue weighted by atomic mass is 32.2. The van der Waals surface area contributed by atoms with Gasteiger partial charge in [-0.1, -0.05) is 48.3 Å². The molecule has 0 bridgehead atoms. The van der Waals surface area contributed by atoms with Crippen LogP contribution in [0.15, 0.2) is 66.1 Å². The Kier molecular flexibility index (Phi) is 7.32. The number of hydrogen-bond donors (Lipinski definition) is 0. The van der Waals surface area contributed by atoms with E-state index < -0.39 is 0 Å². The number of benzene rings is 2. The molecule has 3 rings (SSSR count). The van der Waals surface area contributed by atoms with Gasteiger partial charge in [0, 0.05) is 12.6 Å². The van der Waals surface area contributed by atoms with E-state index in [1.54, 1.807) is 18.1 Å². The number of carbonyl (C=O) groups is 1. The highest BCUT2D eigenvalue weighted by Crippen LogP contribution is 2.32. The molecule has 29 heavy (non-hydrogen) atoms. The third-order valence-electron chi connectivity index (χ3n) is 4.03. The molecule has 5 nitrogen and oxygen atoms in total. The number of hydrogen-bond acceptors (Lipinski definition) is 6. The molecule has 150 valence electrons. The molecule has 0 N–H and O–H groups in total. The highest BCUT2D eigenvalue weighted by Gasteiger charge is 2.30. The molecule has 1 aliphatic heterocycles. The van der Waals surface area contributed by atoms with Crippen molar-refractivity contribution in [3.63, 3.8) is 0 Å². The van der Waals surface area contributed by atoms with Crippen LogP contribution in [0.1, 0.15) is 5.56 Å². The van der Waals surface area contributed by atoms with Gasteiger partial charge in [-0.3, -0.25) is 9.69 Å². The first-order valence-corrected chi connectivity index (χ1v) is 10.2. The van der Waals surface area contributed by atoms with Gasteiger partial charge >= 0.3 is 0 Å². The van der Waals surface area contributed by atoms with E-state index >= 15 is 0 Å². The maximum Gasteiger partial charge on any atom is 0.266 e. The van der Waals surface area contributed by atoms with E-state index in [-0.39, 0.29) is 5.91 Å². The lowest BCUT2D eigenvalue weighted by Crippen LogP contribution is -2.27. The quantitative estimate of drug-likeness (QED) is 0.253.